The second-order valence-corrected chi connectivity index (χ2v) is 6.15. The Hall–Kier alpha value is -3.41. The number of benzene rings is 1. The molecule has 1 aromatic carbocycles. The molecule has 0 saturated heterocycles. The first-order chi connectivity index (χ1) is 12.6. The maximum absolute atomic E-state index is 10.8. The number of nitrogens with zero attached hydrogens (tertiary/aromatic N) is 3. The van der Waals surface area contributed by atoms with Crippen molar-refractivity contribution >= 4 is 16.9 Å². The first-order valence-electron chi connectivity index (χ1n) is 8.30. The highest BCUT2D eigenvalue weighted by Crippen LogP contribution is 2.36. The lowest BCUT2D eigenvalue weighted by Gasteiger charge is -2.19. The Bertz CT molecular complexity index is 1040. The van der Waals surface area contributed by atoms with Crippen LogP contribution < -0.4 is 5.32 Å². The minimum atomic E-state index is -0.447. The van der Waals surface area contributed by atoms with Crippen molar-refractivity contribution in [2.24, 2.45) is 0 Å². The van der Waals surface area contributed by atoms with E-state index in [1.165, 1.54) is 0 Å². The molecule has 26 heavy (non-hydrogen) atoms. The molecule has 4 aromatic rings. The number of hydrogen-bond donors (Lipinski definition) is 2. The Kier molecular flexibility index (Phi) is 4.01. The minimum absolute atomic E-state index is 0.112. The van der Waals surface area contributed by atoms with Gasteiger partial charge in [-0.2, -0.15) is 0 Å². The van der Waals surface area contributed by atoms with Crippen LogP contribution in [0.3, 0.4) is 0 Å². The maximum Gasteiger partial charge on any atom is 0.223 e. The number of rotatable bonds is 4. The number of hydrogen-bond acceptors (Lipinski definition) is 6. The van der Waals surface area contributed by atoms with E-state index in [1.54, 1.807) is 12.5 Å². The molecule has 6 nitrogen and oxygen atoms in total. The molecule has 0 aliphatic rings. The summed E-state index contributed by atoms with van der Waals surface area (Å²) in [4.78, 5) is 13.2. The van der Waals surface area contributed by atoms with Crippen molar-refractivity contribution in [3.05, 3.63) is 77.6 Å². The Labute approximate surface area is 150 Å². The van der Waals surface area contributed by atoms with Gasteiger partial charge in [-0.3, -0.25) is 4.98 Å². The third-order valence-corrected chi connectivity index (χ3v) is 4.17. The molecule has 0 amide bonds. The van der Waals surface area contributed by atoms with E-state index >= 15 is 0 Å². The predicted molar refractivity (Wildman–Crippen MR) is 99.1 cm³/mol. The third-order valence-electron chi connectivity index (χ3n) is 4.17. The van der Waals surface area contributed by atoms with Crippen LogP contribution in [0.2, 0.25) is 0 Å². The van der Waals surface area contributed by atoms with E-state index in [-0.39, 0.29) is 5.75 Å². The van der Waals surface area contributed by atoms with Crippen molar-refractivity contribution in [3.8, 4) is 5.75 Å². The van der Waals surface area contributed by atoms with Crippen LogP contribution in [0.4, 0.5) is 5.95 Å². The molecule has 0 saturated carbocycles. The van der Waals surface area contributed by atoms with Crippen LogP contribution in [-0.2, 0) is 0 Å². The van der Waals surface area contributed by atoms with Crippen molar-refractivity contribution in [2.75, 3.05) is 5.32 Å². The van der Waals surface area contributed by atoms with Crippen LogP contribution in [0.15, 0.2) is 59.3 Å². The SMILES string of the molecule is Cc1cc(C)nc(N[C@H](c2ccco2)c2ccc3cccnc3c2O)n1. The minimum Gasteiger partial charge on any atom is -0.505 e. The van der Waals surface area contributed by atoms with E-state index in [0.29, 0.717) is 22.8 Å². The van der Waals surface area contributed by atoms with Crippen LogP contribution in [0.5, 0.6) is 5.75 Å². The molecule has 0 unspecified atom stereocenters. The van der Waals surface area contributed by atoms with Crippen LogP contribution in [0, 0.1) is 13.8 Å². The van der Waals surface area contributed by atoms with E-state index in [0.717, 1.165) is 16.8 Å². The van der Waals surface area contributed by atoms with Gasteiger partial charge in [0, 0.05) is 28.5 Å². The average molecular weight is 346 g/mol. The lowest BCUT2D eigenvalue weighted by atomic mass is 10.0. The summed E-state index contributed by atoms with van der Waals surface area (Å²) in [5.41, 5.74) is 2.92. The topological polar surface area (TPSA) is 84.1 Å². The summed E-state index contributed by atoms with van der Waals surface area (Å²) in [7, 11) is 0. The van der Waals surface area contributed by atoms with Gasteiger partial charge >= 0.3 is 0 Å². The second-order valence-electron chi connectivity index (χ2n) is 6.15. The number of furan rings is 1. The average Bonchev–Trinajstić information content (AvgIpc) is 3.14. The summed E-state index contributed by atoms with van der Waals surface area (Å²) in [6.07, 6.45) is 3.26. The predicted octanol–water partition coefficient (Wildman–Crippen LogP) is 4.14. The molecule has 0 bridgehead atoms. The summed E-state index contributed by atoms with van der Waals surface area (Å²) in [6.45, 7) is 3.83. The van der Waals surface area contributed by atoms with E-state index < -0.39 is 6.04 Å². The monoisotopic (exact) mass is 346 g/mol. The highest BCUT2D eigenvalue weighted by Gasteiger charge is 2.23. The number of aromatic nitrogens is 3. The van der Waals surface area contributed by atoms with Crippen LogP contribution in [-0.4, -0.2) is 20.1 Å². The zero-order valence-corrected chi connectivity index (χ0v) is 14.5. The number of anilines is 1. The van der Waals surface area contributed by atoms with Gasteiger partial charge in [0.15, 0.2) is 0 Å². The Balaban J connectivity index is 1.83. The smallest absolute Gasteiger partial charge is 0.223 e. The van der Waals surface area contributed by atoms with Gasteiger partial charge in [0.25, 0.3) is 0 Å². The second kappa shape index (κ2) is 6.48. The summed E-state index contributed by atoms with van der Waals surface area (Å²) < 4.78 is 5.60. The molecule has 0 radical (unpaired) electrons. The third kappa shape index (κ3) is 2.97. The van der Waals surface area contributed by atoms with Crippen molar-refractivity contribution in [1.82, 2.24) is 15.0 Å². The van der Waals surface area contributed by atoms with E-state index in [4.69, 9.17) is 4.42 Å². The molecule has 4 rings (SSSR count). The van der Waals surface area contributed by atoms with Crippen LogP contribution >= 0.6 is 0 Å². The molecule has 0 fully saturated rings. The van der Waals surface area contributed by atoms with Crippen molar-refractivity contribution < 1.29 is 9.52 Å². The fourth-order valence-electron chi connectivity index (χ4n) is 3.06. The van der Waals surface area contributed by atoms with Gasteiger partial charge in [-0.05, 0) is 38.1 Å². The first kappa shape index (κ1) is 16.1. The highest BCUT2D eigenvalue weighted by molar-refractivity contribution is 5.85. The van der Waals surface area contributed by atoms with Crippen molar-refractivity contribution in [3.63, 3.8) is 0 Å². The maximum atomic E-state index is 10.8. The molecule has 0 aliphatic carbocycles. The lowest BCUT2D eigenvalue weighted by Crippen LogP contribution is -2.15. The number of nitrogens with one attached hydrogen (secondary N) is 1. The Morgan fingerprint density at radius 1 is 1.04 bits per heavy atom. The van der Waals surface area contributed by atoms with Gasteiger partial charge in [-0.25, -0.2) is 9.97 Å². The van der Waals surface area contributed by atoms with Gasteiger partial charge in [-0.1, -0.05) is 18.2 Å². The van der Waals surface area contributed by atoms with Gasteiger partial charge in [-0.15, -0.1) is 0 Å². The zero-order chi connectivity index (χ0) is 18.1. The largest absolute Gasteiger partial charge is 0.505 e. The first-order valence-corrected chi connectivity index (χ1v) is 8.30. The normalized spacial score (nSPS) is 12.2. The molecule has 0 spiro atoms. The number of aromatic hydroxyl groups is 1. The van der Waals surface area contributed by atoms with Gasteiger partial charge in [0.05, 0.1) is 6.26 Å². The van der Waals surface area contributed by atoms with Crippen LogP contribution in [0.25, 0.3) is 10.9 Å². The fraction of sp³-hybridized carbons (Fsp3) is 0.150. The van der Waals surface area contributed by atoms with E-state index in [1.807, 2.05) is 56.3 Å². The lowest BCUT2D eigenvalue weighted by molar-refractivity contribution is 0.458. The highest BCUT2D eigenvalue weighted by atomic mass is 16.3. The summed E-state index contributed by atoms with van der Waals surface area (Å²) >= 11 is 0. The number of fused-ring (bicyclic) bond motifs is 1. The summed E-state index contributed by atoms with van der Waals surface area (Å²) in [6, 6.07) is 12.7. The molecule has 2 N–H and O–H groups in total. The molecule has 130 valence electrons. The molecule has 3 aromatic heterocycles. The molecular formula is C20H18N4O2. The molecule has 1 atom stereocenters. The summed E-state index contributed by atoms with van der Waals surface area (Å²) in [5, 5.41) is 15.0. The molecular weight excluding hydrogens is 328 g/mol. The molecule has 6 heteroatoms. The van der Waals surface area contributed by atoms with E-state index in [9.17, 15) is 5.11 Å². The Morgan fingerprint density at radius 2 is 1.85 bits per heavy atom. The Morgan fingerprint density at radius 3 is 2.58 bits per heavy atom. The molecule has 3 heterocycles. The number of phenols is 1. The van der Waals surface area contributed by atoms with Crippen molar-refractivity contribution in [2.45, 2.75) is 19.9 Å². The van der Waals surface area contributed by atoms with Crippen LogP contribution in [0.1, 0.15) is 28.8 Å². The zero-order valence-electron chi connectivity index (χ0n) is 14.5. The van der Waals surface area contributed by atoms with Gasteiger partial charge in [0.1, 0.15) is 23.1 Å². The number of aryl methyl sites for hydroxylation is 2. The summed E-state index contributed by atoms with van der Waals surface area (Å²) in [5.74, 6) is 1.24. The molecule has 0 aliphatic heterocycles. The van der Waals surface area contributed by atoms with E-state index in [2.05, 4.69) is 20.3 Å². The fourth-order valence-corrected chi connectivity index (χ4v) is 3.06. The van der Waals surface area contributed by atoms with Gasteiger partial charge < -0.3 is 14.8 Å². The van der Waals surface area contributed by atoms with Gasteiger partial charge in [0.2, 0.25) is 5.95 Å². The quantitative estimate of drug-likeness (QED) is 0.578. The number of phenolic OH excluding ortho intramolecular Hbond substituents is 1. The van der Waals surface area contributed by atoms with Crippen molar-refractivity contribution in [1.29, 1.82) is 0 Å². The number of pyridine rings is 1. The standard InChI is InChI=1S/C20H18N4O2/c1-12-11-13(2)23-20(22-12)24-18(16-6-4-10-26-16)15-8-7-14-5-3-9-21-17(14)19(15)25/h3-11,18,25H,1-2H3,(H,22,23,24)/t18-/m0/s1.